The molecule has 0 aliphatic carbocycles. The first-order chi connectivity index (χ1) is 9.61. The Morgan fingerprint density at radius 1 is 1.25 bits per heavy atom. The average Bonchev–Trinajstić information content (AvgIpc) is 2.93. The molecule has 2 heterocycles. The summed E-state index contributed by atoms with van der Waals surface area (Å²) in [6.45, 7) is 9.72. The van der Waals surface area contributed by atoms with Gasteiger partial charge in [0, 0.05) is 19.6 Å². The molecular weight excluding hydrogens is 316 g/mol. The van der Waals surface area contributed by atoms with Gasteiger partial charge in [-0.1, -0.05) is 20.8 Å². The van der Waals surface area contributed by atoms with Crippen molar-refractivity contribution in [3.8, 4) is 0 Å². The Hall–Kier alpha value is -0.840. The molecule has 0 radical (unpaired) electrons. The molecule has 1 aromatic heterocycles. The standard InChI is InChI=1S/C15H25BrN4/c1-4-7-17-14-13(16)12(10-11(2)3)18-15(19-14)20-8-5-6-9-20/h11H,4-10H2,1-3H3,(H,17,18,19). The number of hydrogen-bond acceptors (Lipinski definition) is 4. The number of nitrogens with zero attached hydrogens (tertiary/aromatic N) is 3. The molecule has 1 fully saturated rings. The fourth-order valence-electron chi connectivity index (χ4n) is 2.42. The molecule has 4 nitrogen and oxygen atoms in total. The van der Waals surface area contributed by atoms with Crippen LogP contribution in [-0.2, 0) is 6.42 Å². The molecule has 1 aromatic rings. The Balaban J connectivity index is 2.30. The average molecular weight is 341 g/mol. The van der Waals surface area contributed by atoms with Gasteiger partial charge in [-0.05, 0) is 47.5 Å². The van der Waals surface area contributed by atoms with Gasteiger partial charge < -0.3 is 10.2 Å². The van der Waals surface area contributed by atoms with E-state index in [0.717, 1.165) is 54.4 Å². The number of rotatable bonds is 6. The van der Waals surface area contributed by atoms with Crippen LogP contribution in [0.25, 0.3) is 0 Å². The predicted octanol–water partition coefficient (Wildman–Crippen LogP) is 3.86. The van der Waals surface area contributed by atoms with Crippen LogP contribution in [0.2, 0.25) is 0 Å². The van der Waals surface area contributed by atoms with E-state index in [0.29, 0.717) is 5.92 Å². The van der Waals surface area contributed by atoms with Gasteiger partial charge in [0.2, 0.25) is 5.95 Å². The molecule has 20 heavy (non-hydrogen) atoms. The van der Waals surface area contributed by atoms with Gasteiger partial charge >= 0.3 is 0 Å². The van der Waals surface area contributed by atoms with Crippen molar-refractivity contribution >= 4 is 27.7 Å². The van der Waals surface area contributed by atoms with Gasteiger partial charge in [0.25, 0.3) is 0 Å². The Morgan fingerprint density at radius 2 is 1.95 bits per heavy atom. The molecule has 2 rings (SSSR count). The largest absolute Gasteiger partial charge is 0.369 e. The Bertz CT molecular complexity index is 442. The monoisotopic (exact) mass is 340 g/mol. The minimum atomic E-state index is 0.589. The summed E-state index contributed by atoms with van der Waals surface area (Å²) >= 11 is 3.68. The van der Waals surface area contributed by atoms with E-state index in [-0.39, 0.29) is 0 Å². The fourth-order valence-corrected chi connectivity index (χ4v) is 2.90. The van der Waals surface area contributed by atoms with Crippen LogP contribution in [0.1, 0.15) is 45.7 Å². The van der Waals surface area contributed by atoms with Crippen LogP contribution in [0.3, 0.4) is 0 Å². The number of nitrogens with one attached hydrogen (secondary N) is 1. The van der Waals surface area contributed by atoms with Crippen molar-refractivity contribution in [1.82, 2.24) is 9.97 Å². The SMILES string of the molecule is CCCNc1nc(N2CCCC2)nc(CC(C)C)c1Br. The van der Waals surface area contributed by atoms with Crippen LogP contribution in [0.4, 0.5) is 11.8 Å². The lowest BCUT2D eigenvalue weighted by Gasteiger charge is -2.19. The topological polar surface area (TPSA) is 41.1 Å². The van der Waals surface area contributed by atoms with E-state index in [1.54, 1.807) is 0 Å². The summed E-state index contributed by atoms with van der Waals surface area (Å²) in [5.41, 5.74) is 1.12. The molecule has 1 N–H and O–H groups in total. The third kappa shape index (κ3) is 3.84. The molecule has 0 atom stereocenters. The van der Waals surface area contributed by atoms with E-state index in [1.807, 2.05) is 0 Å². The quantitative estimate of drug-likeness (QED) is 0.853. The molecule has 1 aliphatic heterocycles. The summed E-state index contributed by atoms with van der Waals surface area (Å²) in [7, 11) is 0. The van der Waals surface area contributed by atoms with Crippen molar-refractivity contribution in [1.29, 1.82) is 0 Å². The Labute approximate surface area is 130 Å². The third-order valence-electron chi connectivity index (χ3n) is 3.44. The number of hydrogen-bond donors (Lipinski definition) is 1. The first-order valence-electron chi connectivity index (χ1n) is 7.67. The second-order valence-corrected chi connectivity index (χ2v) is 6.64. The van der Waals surface area contributed by atoms with E-state index in [2.05, 4.69) is 46.9 Å². The van der Waals surface area contributed by atoms with Gasteiger partial charge in [0.15, 0.2) is 0 Å². The summed E-state index contributed by atoms with van der Waals surface area (Å²) in [6, 6.07) is 0. The minimum Gasteiger partial charge on any atom is -0.369 e. The minimum absolute atomic E-state index is 0.589. The maximum Gasteiger partial charge on any atom is 0.227 e. The maximum atomic E-state index is 4.79. The lowest BCUT2D eigenvalue weighted by Crippen LogP contribution is -2.22. The van der Waals surface area contributed by atoms with Gasteiger partial charge in [-0.2, -0.15) is 4.98 Å². The van der Waals surface area contributed by atoms with E-state index in [9.17, 15) is 0 Å². The summed E-state index contributed by atoms with van der Waals surface area (Å²) in [4.78, 5) is 11.8. The highest BCUT2D eigenvalue weighted by atomic mass is 79.9. The molecule has 0 unspecified atom stereocenters. The number of aromatic nitrogens is 2. The van der Waals surface area contributed by atoms with Gasteiger partial charge in [0.05, 0.1) is 10.2 Å². The van der Waals surface area contributed by atoms with E-state index in [1.165, 1.54) is 12.8 Å². The van der Waals surface area contributed by atoms with Crippen molar-refractivity contribution in [3.63, 3.8) is 0 Å². The lowest BCUT2D eigenvalue weighted by atomic mass is 10.1. The van der Waals surface area contributed by atoms with Crippen molar-refractivity contribution < 1.29 is 0 Å². The van der Waals surface area contributed by atoms with E-state index in [4.69, 9.17) is 9.97 Å². The van der Waals surface area contributed by atoms with Crippen molar-refractivity contribution in [2.24, 2.45) is 5.92 Å². The highest BCUT2D eigenvalue weighted by Gasteiger charge is 2.19. The van der Waals surface area contributed by atoms with Gasteiger partial charge in [-0.15, -0.1) is 0 Å². The van der Waals surface area contributed by atoms with E-state index < -0.39 is 0 Å². The van der Waals surface area contributed by atoms with Crippen molar-refractivity contribution in [2.45, 2.75) is 46.5 Å². The zero-order valence-corrected chi connectivity index (χ0v) is 14.3. The predicted molar refractivity (Wildman–Crippen MR) is 88.5 cm³/mol. The summed E-state index contributed by atoms with van der Waals surface area (Å²) in [5, 5.41) is 3.42. The molecule has 0 aromatic carbocycles. The van der Waals surface area contributed by atoms with Crippen LogP contribution in [0, 0.1) is 5.92 Å². The first kappa shape index (κ1) is 15.5. The molecule has 112 valence electrons. The summed E-state index contributed by atoms with van der Waals surface area (Å²) in [5.74, 6) is 2.42. The lowest BCUT2D eigenvalue weighted by molar-refractivity contribution is 0.631. The first-order valence-corrected chi connectivity index (χ1v) is 8.46. The van der Waals surface area contributed by atoms with Gasteiger partial charge in [-0.3, -0.25) is 0 Å². The second kappa shape index (κ2) is 7.25. The normalized spacial score (nSPS) is 15.2. The highest BCUT2D eigenvalue weighted by Crippen LogP contribution is 2.29. The molecule has 5 heteroatoms. The molecule has 0 spiro atoms. The molecular formula is C15H25BrN4. The van der Waals surface area contributed by atoms with Gasteiger partial charge in [-0.25, -0.2) is 4.98 Å². The summed E-state index contributed by atoms with van der Waals surface area (Å²) in [6.07, 6.45) is 4.56. The molecule has 0 amide bonds. The fraction of sp³-hybridized carbons (Fsp3) is 0.733. The van der Waals surface area contributed by atoms with Crippen LogP contribution < -0.4 is 10.2 Å². The van der Waals surface area contributed by atoms with Crippen LogP contribution in [0.15, 0.2) is 4.47 Å². The molecule has 0 saturated carbocycles. The number of halogens is 1. The number of anilines is 2. The highest BCUT2D eigenvalue weighted by molar-refractivity contribution is 9.10. The second-order valence-electron chi connectivity index (χ2n) is 5.85. The zero-order chi connectivity index (χ0) is 14.5. The molecule has 0 bridgehead atoms. The maximum absolute atomic E-state index is 4.79. The third-order valence-corrected chi connectivity index (χ3v) is 4.27. The van der Waals surface area contributed by atoms with Crippen LogP contribution in [-0.4, -0.2) is 29.6 Å². The summed E-state index contributed by atoms with van der Waals surface area (Å²) < 4.78 is 1.03. The Morgan fingerprint density at radius 3 is 2.55 bits per heavy atom. The van der Waals surface area contributed by atoms with Crippen LogP contribution in [0.5, 0.6) is 0 Å². The van der Waals surface area contributed by atoms with Crippen molar-refractivity contribution in [3.05, 3.63) is 10.2 Å². The molecule has 1 aliphatic rings. The van der Waals surface area contributed by atoms with E-state index >= 15 is 0 Å². The van der Waals surface area contributed by atoms with Crippen LogP contribution >= 0.6 is 15.9 Å². The Kier molecular flexibility index (Phi) is 5.64. The smallest absolute Gasteiger partial charge is 0.227 e. The van der Waals surface area contributed by atoms with Crippen molar-refractivity contribution in [2.75, 3.05) is 29.9 Å². The molecule has 1 saturated heterocycles. The van der Waals surface area contributed by atoms with Gasteiger partial charge in [0.1, 0.15) is 5.82 Å². The zero-order valence-electron chi connectivity index (χ0n) is 12.7.